The molecule has 6 nitrogen and oxygen atoms in total. The fourth-order valence-electron chi connectivity index (χ4n) is 2.96. The van der Waals surface area contributed by atoms with Crippen LogP contribution < -0.4 is 9.80 Å². The van der Waals surface area contributed by atoms with Gasteiger partial charge >= 0.3 is 0 Å². The third kappa shape index (κ3) is 3.55. The number of hydrogen-bond acceptors (Lipinski definition) is 6. The monoisotopic (exact) mass is 311 g/mol. The molecule has 1 atom stereocenters. The number of nitrogens with zero attached hydrogens (tertiary/aromatic N) is 5. The Kier molecular flexibility index (Phi) is 4.75. The lowest BCUT2D eigenvalue weighted by Crippen LogP contribution is -2.39. The van der Waals surface area contributed by atoms with Gasteiger partial charge in [0, 0.05) is 26.2 Å². The highest BCUT2D eigenvalue weighted by molar-refractivity contribution is 6.28. The molecule has 0 radical (unpaired) electrons. The minimum atomic E-state index is 0.278. The topological polar surface area (TPSA) is 54.4 Å². The number of ether oxygens (including phenoxy) is 1. The highest BCUT2D eigenvalue weighted by Crippen LogP contribution is 2.24. The molecule has 0 amide bonds. The Morgan fingerprint density at radius 1 is 1.10 bits per heavy atom. The molecule has 1 aromatic rings. The second-order valence-electron chi connectivity index (χ2n) is 5.67. The molecule has 1 aromatic heterocycles. The van der Waals surface area contributed by atoms with Gasteiger partial charge in [-0.15, -0.1) is 0 Å². The average Bonchev–Trinajstić information content (AvgIpc) is 2.55. The van der Waals surface area contributed by atoms with Crippen LogP contribution in [0, 0.1) is 5.92 Å². The van der Waals surface area contributed by atoms with Gasteiger partial charge in [-0.2, -0.15) is 15.0 Å². The van der Waals surface area contributed by atoms with Crippen molar-refractivity contribution in [1.29, 1.82) is 0 Å². The van der Waals surface area contributed by atoms with Gasteiger partial charge in [-0.1, -0.05) is 13.3 Å². The van der Waals surface area contributed by atoms with E-state index >= 15 is 0 Å². The first-order valence-corrected chi connectivity index (χ1v) is 8.13. The van der Waals surface area contributed by atoms with Gasteiger partial charge in [0.2, 0.25) is 17.2 Å². The van der Waals surface area contributed by atoms with E-state index in [0.717, 1.165) is 38.0 Å². The summed E-state index contributed by atoms with van der Waals surface area (Å²) in [5.74, 6) is 2.11. The summed E-state index contributed by atoms with van der Waals surface area (Å²) in [5.41, 5.74) is 0. The lowest BCUT2D eigenvalue weighted by molar-refractivity contribution is 0.122. The third-order valence-electron chi connectivity index (χ3n) is 4.26. The lowest BCUT2D eigenvalue weighted by Gasteiger charge is -2.33. The Morgan fingerprint density at radius 2 is 1.81 bits per heavy atom. The van der Waals surface area contributed by atoms with Crippen molar-refractivity contribution < 1.29 is 4.74 Å². The van der Waals surface area contributed by atoms with Crippen molar-refractivity contribution in [3.63, 3.8) is 0 Å². The van der Waals surface area contributed by atoms with Crippen LogP contribution in [0.3, 0.4) is 0 Å². The van der Waals surface area contributed by atoms with Crippen molar-refractivity contribution in [2.45, 2.75) is 26.2 Å². The van der Waals surface area contributed by atoms with Crippen molar-refractivity contribution in [2.24, 2.45) is 5.92 Å². The van der Waals surface area contributed by atoms with Gasteiger partial charge in [-0.25, -0.2) is 0 Å². The number of rotatable bonds is 3. The van der Waals surface area contributed by atoms with Gasteiger partial charge in [-0.05, 0) is 30.4 Å². The Labute approximate surface area is 130 Å². The predicted octanol–water partition coefficient (Wildman–Crippen LogP) is 1.99. The van der Waals surface area contributed by atoms with E-state index in [9.17, 15) is 0 Å². The fraction of sp³-hybridized carbons (Fsp3) is 0.786. The lowest BCUT2D eigenvalue weighted by atomic mass is 9.96. The summed E-state index contributed by atoms with van der Waals surface area (Å²) in [5, 5.41) is 0.278. The van der Waals surface area contributed by atoms with Gasteiger partial charge in [0.25, 0.3) is 0 Å². The smallest absolute Gasteiger partial charge is 0.231 e. The summed E-state index contributed by atoms with van der Waals surface area (Å²) in [4.78, 5) is 17.6. The maximum atomic E-state index is 6.11. The fourth-order valence-corrected chi connectivity index (χ4v) is 3.11. The Morgan fingerprint density at radius 3 is 2.52 bits per heavy atom. The SMILES string of the molecule is CCC1CCCN(c2nc(Cl)nc(N3CCOCC3)n2)C1. The van der Waals surface area contributed by atoms with E-state index in [-0.39, 0.29) is 5.28 Å². The standard InChI is InChI=1S/C14H22ClN5O/c1-2-11-4-3-5-20(10-11)14-17-12(15)16-13(18-14)19-6-8-21-9-7-19/h11H,2-10H2,1H3. The minimum Gasteiger partial charge on any atom is -0.378 e. The quantitative estimate of drug-likeness (QED) is 0.851. The zero-order valence-corrected chi connectivity index (χ0v) is 13.2. The van der Waals surface area contributed by atoms with E-state index < -0.39 is 0 Å². The molecule has 2 saturated heterocycles. The van der Waals surface area contributed by atoms with Crippen LogP contribution in [0.25, 0.3) is 0 Å². The molecular weight excluding hydrogens is 290 g/mol. The van der Waals surface area contributed by atoms with Crippen LogP contribution in [0.5, 0.6) is 0 Å². The van der Waals surface area contributed by atoms with E-state index in [2.05, 4.69) is 31.7 Å². The van der Waals surface area contributed by atoms with E-state index in [1.807, 2.05) is 0 Å². The molecule has 0 saturated carbocycles. The van der Waals surface area contributed by atoms with Gasteiger partial charge in [0.05, 0.1) is 13.2 Å². The molecule has 3 heterocycles. The van der Waals surface area contributed by atoms with Crippen LogP contribution in [0.1, 0.15) is 26.2 Å². The highest BCUT2D eigenvalue weighted by atomic mass is 35.5. The van der Waals surface area contributed by atoms with Crippen LogP contribution in [-0.2, 0) is 4.74 Å². The second kappa shape index (κ2) is 6.75. The van der Waals surface area contributed by atoms with Crippen molar-refractivity contribution in [2.75, 3.05) is 49.2 Å². The van der Waals surface area contributed by atoms with E-state index in [4.69, 9.17) is 16.3 Å². The van der Waals surface area contributed by atoms with Crippen molar-refractivity contribution >= 4 is 23.5 Å². The van der Waals surface area contributed by atoms with Crippen LogP contribution >= 0.6 is 11.6 Å². The van der Waals surface area contributed by atoms with Crippen LogP contribution in [0.2, 0.25) is 5.28 Å². The molecule has 0 N–H and O–H groups in total. The van der Waals surface area contributed by atoms with E-state index in [0.29, 0.717) is 19.2 Å². The summed E-state index contributed by atoms with van der Waals surface area (Å²) in [6.45, 7) is 7.28. The zero-order chi connectivity index (χ0) is 14.7. The number of aromatic nitrogens is 3. The number of halogens is 1. The second-order valence-corrected chi connectivity index (χ2v) is 6.00. The van der Waals surface area contributed by atoms with Gasteiger partial charge < -0.3 is 14.5 Å². The number of piperidine rings is 1. The Hall–Kier alpha value is -1.14. The van der Waals surface area contributed by atoms with Gasteiger partial charge in [-0.3, -0.25) is 0 Å². The molecule has 116 valence electrons. The number of hydrogen-bond donors (Lipinski definition) is 0. The van der Waals surface area contributed by atoms with Gasteiger partial charge in [0.15, 0.2) is 0 Å². The van der Waals surface area contributed by atoms with E-state index in [1.165, 1.54) is 19.3 Å². The normalized spacial score (nSPS) is 23.4. The molecule has 2 aliphatic heterocycles. The van der Waals surface area contributed by atoms with Crippen molar-refractivity contribution in [3.8, 4) is 0 Å². The minimum absolute atomic E-state index is 0.278. The summed E-state index contributed by atoms with van der Waals surface area (Å²) >= 11 is 6.11. The largest absolute Gasteiger partial charge is 0.378 e. The molecular formula is C14H22ClN5O. The van der Waals surface area contributed by atoms with Crippen molar-refractivity contribution in [1.82, 2.24) is 15.0 Å². The van der Waals surface area contributed by atoms with E-state index in [1.54, 1.807) is 0 Å². The van der Waals surface area contributed by atoms with Crippen LogP contribution in [-0.4, -0.2) is 54.3 Å². The van der Waals surface area contributed by atoms with Gasteiger partial charge in [0.1, 0.15) is 0 Å². The molecule has 2 fully saturated rings. The highest BCUT2D eigenvalue weighted by Gasteiger charge is 2.23. The molecule has 3 rings (SSSR count). The first-order chi connectivity index (χ1) is 10.3. The summed E-state index contributed by atoms with van der Waals surface area (Å²) < 4.78 is 5.37. The molecule has 0 aliphatic carbocycles. The molecule has 0 aromatic carbocycles. The summed E-state index contributed by atoms with van der Waals surface area (Å²) in [6, 6.07) is 0. The number of anilines is 2. The summed E-state index contributed by atoms with van der Waals surface area (Å²) in [7, 11) is 0. The van der Waals surface area contributed by atoms with Crippen LogP contribution in [0.4, 0.5) is 11.9 Å². The molecule has 0 bridgehead atoms. The third-order valence-corrected chi connectivity index (χ3v) is 4.43. The van der Waals surface area contributed by atoms with Crippen LogP contribution in [0.15, 0.2) is 0 Å². The Bertz CT molecular complexity index is 480. The predicted molar refractivity (Wildman–Crippen MR) is 83.1 cm³/mol. The number of morpholine rings is 1. The molecule has 21 heavy (non-hydrogen) atoms. The average molecular weight is 312 g/mol. The first-order valence-electron chi connectivity index (χ1n) is 7.75. The zero-order valence-electron chi connectivity index (χ0n) is 12.5. The Balaban J connectivity index is 1.80. The maximum absolute atomic E-state index is 6.11. The molecule has 1 unspecified atom stereocenters. The first kappa shape index (κ1) is 14.8. The summed E-state index contributed by atoms with van der Waals surface area (Å²) in [6.07, 6.45) is 3.68. The maximum Gasteiger partial charge on any atom is 0.231 e. The van der Waals surface area contributed by atoms with Crippen molar-refractivity contribution in [3.05, 3.63) is 5.28 Å². The molecule has 7 heteroatoms. The molecule has 2 aliphatic rings. The molecule has 0 spiro atoms.